The highest BCUT2D eigenvalue weighted by Gasteiger charge is 2.23. The zero-order valence-electron chi connectivity index (χ0n) is 15.6. The Morgan fingerprint density at radius 1 is 1.22 bits per heavy atom. The summed E-state index contributed by atoms with van der Waals surface area (Å²) in [6, 6.07) is 17.4. The molecule has 0 N–H and O–H groups in total. The molecule has 0 radical (unpaired) electrons. The first-order chi connectivity index (χ1) is 13.1. The number of nitrogens with zero attached hydrogens (tertiary/aromatic N) is 1. The van der Waals surface area contributed by atoms with Crippen molar-refractivity contribution in [2.24, 2.45) is 0 Å². The van der Waals surface area contributed by atoms with Gasteiger partial charge in [0.2, 0.25) is 0 Å². The van der Waals surface area contributed by atoms with Crippen LogP contribution in [0.3, 0.4) is 0 Å². The minimum Gasteiger partial charge on any atom is -0.423 e. The third-order valence-corrected chi connectivity index (χ3v) is 9.13. The second-order valence-electron chi connectivity index (χ2n) is 7.27. The molecule has 5 heteroatoms. The monoisotopic (exact) mass is 381 g/mol. The Balaban J connectivity index is 1.61. The second-order valence-corrected chi connectivity index (χ2v) is 10.7. The number of hydrogen-bond donors (Lipinski definition) is 0. The molecule has 27 heavy (non-hydrogen) atoms. The summed E-state index contributed by atoms with van der Waals surface area (Å²) in [6.45, 7) is 2.28. The van der Waals surface area contributed by atoms with Gasteiger partial charge in [-0.1, -0.05) is 43.6 Å². The molecule has 2 aromatic carbocycles. The van der Waals surface area contributed by atoms with E-state index in [-0.39, 0.29) is 11.3 Å². The third-order valence-electron chi connectivity index (χ3n) is 5.43. The van der Waals surface area contributed by atoms with Crippen LogP contribution in [0.2, 0.25) is 18.1 Å². The molecule has 0 unspecified atom stereocenters. The summed E-state index contributed by atoms with van der Waals surface area (Å²) >= 11 is 0. The van der Waals surface area contributed by atoms with Crippen LogP contribution in [0.5, 0.6) is 5.75 Å². The van der Waals surface area contributed by atoms with Crippen molar-refractivity contribution in [1.29, 1.82) is 5.26 Å². The zero-order valence-corrected chi connectivity index (χ0v) is 16.7. The van der Waals surface area contributed by atoms with E-state index in [1.54, 1.807) is 18.2 Å². The Morgan fingerprint density at radius 2 is 1.93 bits per heavy atom. The summed E-state index contributed by atoms with van der Waals surface area (Å²) in [5, 5.41) is 8.75. The van der Waals surface area contributed by atoms with Crippen molar-refractivity contribution in [3.8, 4) is 11.8 Å². The molecule has 0 aromatic heterocycles. The molecule has 2 aromatic rings. The number of hydrogen-bond acceptors (Lipinski definition) is 3. The van der Waals surface area contributed by atoms with Crippen molar-refractivity contribution in [2.75, 3.05) is 0 Å². The number of halogens is 1. The molecule has 0 bridgehead atoms. The third kappa shape index (κ3) is 4.84. The molecule has 140 valence electrons. The van der Waals surface area contributed by atoms with Crippen LogP contribution in [-0.4, -0.2) is 14.8 Å². The number of carbonyl (C=O) groups excluding carboxylic acids is 1. The van der Waals surface area contributed by atoms with Gasteiger partial charge in [0.05, 0.1) is 11.1 Å². The highest BCUT2D eigenvalue weighted by molar-refractivity contribution is 6.59. The number of rotatable bonds is 5. The fourth-order valence-electron chi connectivity index (χ4n) is 3.90. The zero-order chi connectivity index (χ0) is 19.2. The summed E-state index contributed by atoms with van der Waals surface area (Å²) in [5.41, 5.74) is 1.66. The van der Waals surface area contributed by atoms with Crippen LogP contribution in [0.4, 0.5) is 4.39 Å². The fourth-order valence-corrected chi connectivity index (χ4v) is 7.33. The minimum atomic E-state index is -0.694. The molecule has 3 nitrogen and oxygen atoms in total. The molecule has 1 aliphatic rings. The van der Waals surface area contributed by atoms with Gasteiger partial charge >= 0.3 is 5.97 Å². The van der Waals surface area contributed by atoms with Crippen molar-refractivity contribution in [1.82, 2.24) is 0 Å². The lowest BCUT2D eigenvalue weighted by molar-refractivity contribution is 0.0734. The van der Waals surface area contributed by atoms with Crippen LogP contribution < -0.4 is 4.74 Å². The lowest BCUT2D eigenvalue weighted by atomic mass is 9.93. The SMILES string of the molecule is CCC[Si@H]1CC[C@H](c2ccc(C(=O)Oc3ccc(C#N)c(F)c3)cc2)CC1. The van der Waals surface area contributed by atoms with E-state index < -0.39 is 20.6 Å². The Bertz CT molecular complexity index is 836. The molecular weight excluding hydrogens is 357 g/mol. The predicted molar refractivity (Wildman–Crippen MR) is 106 cm³/mol. The first-order valence-electron chi connectivity index (χ1n) is 9.62. The molecule has 1 aliphatic heterocycles. The van der Waals surface area contributed by atoms with Gasteiger partial charge in [-0.05, 0) is 48.6 Å². The lowest BCUT2D eigenvalue weighted by Gasteiger charge is -2.27. The van der Waals surface area contributed by atoms with Crippen LogP contribution >= 0.6 is 0 Å². The van der Waals surface area contributed by atoms with E-state index in [1.165, 1.54) is 55.1 Å². The largest absolute Gasteiger partial charge is 0.423 e. The molecule has 1 saturated heterocycles. The van der Waals surface area contributed by atoms with Gasteiger partial charge < -0.3 is 4.74 Å². The second kappa shape index (κ2) is 8.96. The topological polar surface area (TPSA) is 50.1 Å². The normalized spacial score (nSPS) is 19.3. The first kappa shape index (κ1) is 19.3. The molecule has 1 heterocycles. The maximum atomic E-state index is 13.6. The molecule has 0 amide bonds. The van der Waals surface area contributed by atoms with Crippen molar-refractivity contribution < 1.29 is 13.9 Å². The highest BCUT2D eigenvalue weighted by Crippen LogP contribution is 2.35. The molecule has 0 atom stereocenters. The van der Waals surface area contributed by atoms with Crippen LogP contribution in [0.25, 0.3) is 0 Å². The minimum absolute atomic E-state index is 0.0733. The number of ether oxygens (including phenoxy) is 1. The molecule has 0 saturated carbocycles. The number of esters is 1. The van der Waals surface area contributed by atoms with Crippen LogP contribution in [0, 0.1) is 17.1 Å². The highest BCUT2D eigenvalue weighted by atomic mass is 28.3. The van der Waals surface area contributed by atoms with Gasteiger partial charge in [0.1, 0.15) is 17.6 Å². The summed E-state index contributed by atoms with van der Waals surface area (Å²) in [4.78, 5) is 12.3. The van der Waals surface area contributed by atoms with E-state index in [2.05, 4.69) is 6.92 Å². The van der Waals surface area contributed by atoms with Crippen LogP contribution in [0.15, 0.2) is 42.5 Å². The van der Waals surface area contributed by atoms with Gasteiger partial charge in [0.25, 0.3) is 0 Å². The number of nitriles is 1. The van der Waals surface area contributed by atoms with Gasteiger partial charge in [-0.25, -0.2) is 9.18 Å². The lowest BCUT2D eigenvalue weighted by Crippen LogP contribution is -2.20. The van der Waals surface area contributed by atoms with E-state index in [4.69, 9.17) is 10.00 Å². The Labute approximate surface area is 161 Å². The van der Waals surface area contributed by atoms with Gasteiger partial charge in [-0.2, -0.15) is 5.26 Å². The van der Waals surface area contributed by atoms with Crippen LogP contribution in [-0.2, 0) is 0 Å². The summed E-state index contributed by atoms with van der Waals surface area (Å²) in [5.74, 6) is -0.520. The quantitative estimate of drug-likeness (QED) is 0.394. The number of carbonyl (C=O) groups is 1. The fraction of sp³-hybridized carbons (Fsp3) is 0.364. The van der Waals surface area contributed by atoms with E-state index in [1.807, 2.05) is 12.1 Å². The van der Waals surface area contributed by atoms with E-state index in [0.29, 0.717) is 11.5 Å². The van der Waals surface area contributed by atoms with Crippen molar-refractivity contribution in [3.63, 3.8) is 0 Å². The molecule has 1 fully saturated rings. The van der Waals surface area contributed by atoms with Crippen molar-refractivity contribution in [2.45, 2.75) is 50.2 Å². The van der Waals surface area contributed by atoms with Crippen molar-refractivity contribution >= 4 is 14.8 Å². The van der Waals surface area contributed by atoms with Gasteiger partial charge in [0, 0.05) is 14.9 Å². The molecule has 0 spiro atoms. The van der Waals surface area contributed by atoms with Gasteiger partial charge in [0.15, 0.2) is 0 Å². The first-order valence-corrected chi connectivity index (χ1v) is 12.1. The Morgan fingerprint density at radius 3 is 2.52 bits per heavy atom. The van der Waals surface area contributed by atoms with Crippen molar-refractivity contribution in [3.05, 3.63) is 65.0 Å². The van der Waals surface area contributed by atoms with Crippen LogP contribution in [0.1, 0.15) is 53.6 Å². The van der Waals surface area contributed by atoms with E-state index in [0.717, 1.165) is 6.07 Å². The molecule has 3 rings (SSSR count). The standard InChI is InChI=1S/C22H24FNO2Si/c1-2-11-27-12-9-17(10-13-27)16-3-5-18(6-4-16)22(25)26-20-8-7-19(15-24)21(23)14-20/h3-8,14,17,27H,2,9-13H2,1H3/t17-,27-. The maximum absolute atomic E-state index is 13.6. The molecule has 0 aliphatic carbocycles. The van der Waals surface area contributed by atoms with E-state index in [9.17, 15) is 9.18 Å². The summed E-state index contributed by atoms with van der Waals surface area (Å²) < 4.78 is 18.9. The number of benzene rings is 2. The Kier molecular flexibility index (Phi) is 6.41. The predicted octanol–water partition coefficient (Wildman–Crippen LogP) is 5.43. The van der Waals surface area contributed by atoms with Gasteiger partial charge in [-0.15, -0.1) is 0 Å². The smallest absolute Gasteiger partial charge is 0.343 e. The van der Waals surface area contributed by atoms with E-state index >= 15 is 0 Å². The maximum Gasteiger partial charge on any atom is 0.343 e. The average molecular weight is 382 g/mol. The average Bonchev–Trinajstić information content (AvgIpc) is 2.69. The van der Waals surface area contributed by atoms with Gasteiger partial charge in [-0.3, -0.25) is 0 Å². The summed E-state index contributed by atoms with van der Waals surface area (Å²) in [7, 11) is -0.490. The summed E-state index contributed by atoms with van der Waals surface area (Å²) in [6.07, 6.45) is 3.86. The Hall–Kier alpha value is -2.45. The molecular formula is C22H24FNO2Si.